The highest BCUT2D eigenvalue weighted by Crippen LogP contribution is 2.37. The van der Waals surface area contributed by atoms with Crippen molar-refractivity contribution >= 4 is 11.6 Å². The molecule has 5 heteroatoms. The maximum Gasteiger partial charge on any atom is 0.166 e. The zero-order chi connectivity index (χ0) is 11.4. The summed E-state index contributed by atoms with van der Waals surface area (Å²) < 4.78 is 10.4. The van der Waals surface area contributed by atoms with E-state index in [9.17, 15) is 0 Å². The number of rotatable bonds is 4. The second-order valence-electron chi connectivity index (χ2n) is 3.01. The predicted molar refractivity (Wildman–Crippen MR) is 58.3 cm³/mol. The van der Waals surface area contributed by atoms with Crippen LogP contribution in [0.15, 0.2) is 6.07 Å². The van der Waals surface area contributed by atoms with Crippen molar-refractivity contribution in [1.82, 2.24) is 0 Å². The lowest BCUT2D eigenvalue weighted by molar-refractivity contribution is 0.121. The van der Waals surface area contributed by atoms with E-state index in [1.807, 2.05) is 6.92 Å². The predicted octanol–water partition coefficient (Wildman–Crippen LogP) is 2.06. The van der Waals surface area contributed by atoms with Gasteiger partial charge >= 0.3 is 0 Å². The zero-order valence-electron chi connectivity index (χ0n) is 8.96. The second kappa shape index (κ2) is 5.21. The van der Waals surface area contributed by atoms with E-state index >= 15 is 0 Å². The number of hydrogen-bond acceptors (Lipinski definition) is 4. The first kappa shape index (κ1) is 12.1. The van der Waals surface area contributed by atoms with E-state index in [1.54, 1.807) is 20.3 Å². The molecule has 0 unspecified atom stereocenters. The Labute approximate surface area is 93.8 Å². The molecule has 1 aromatic rings. The average molecular weight is 232 g/mol. The van der Waals surface area contributed by atoms with Crippen molar-refractivity contribution in [3.8, 4) is 11.5 Å². The number of halogens is 1. The van der Waals surface area contributed by atoms with Crippen LogP contribution < -0.4 is 15.4 Å². The highest BCUT2D eigenvalue weighted by atomic mass is 35.5. The minimum absolute atomic E-state index is 0.228. The van der Waals surface area contributed by atoms with Crippen LogP contribution in [-0.2, 0) is 11.4 Å². The van der Waals surface area contributed by atoms with Gasteiger partial charge in [-0.25, -0.2) is 5.90 Å². The first-order valence-electron chi connectivity index (χ1n) is 4.37. The molecule has 0 atom stereocenters. The summed E-state index contributed by atoms with van der Waals surface area (Å²) in [5, 5.41) is 0.597. The molecule has 84 valence electrons. The van der Waals surface area contributed by atoms with Gasteiger partial charge in [0.1, 0.15) is 0 Å². The van der Waals surface area contributed by atoms with E-state index in [-0.39, 0.29) is 6.61 Å². The number of methoxy groups -OCH3 is 2. The van der Waals surface area contributed by atoms with Gasteiger partial charge < -0.3 is 9.47 Å². The van der Waals surface area contributed by atoms with Gasteiger partial charge in [0, 0.05) is 16.7 Å². The van der Waals surface area contributed by atoms with Crippen molar-refractivity contribution in [1.29, 1.82) is 0 Å². The second-order valence-corrected chi connectivity index (χ2v) is 3.42. The summed E-state index contributed by atoms with van der Waals surface area (Å²) in [6.07, 6.45) is 0. The maximum absolute atomic E-state index is 6.03. The molecule has 0 aliphatic rings. The van der Waals surface area contributed by atoms with Crippen LogP contribution in [-0.4, -0.2) is 14.2 Å². The fraction of sp³-hybridized carbons (Fsp3) is 0.400. The normalized spacial score (nSPS) is 10.2. The Balaban J connectivity index is 3.35. The van der Waals surface area contributed by atoms with E-state index in [0.717, 1.165) is 11.1 Å². The Morgan fingerprint density at radius 1 is 1.33 bits per heavy atom. The lowest BCUT2D eigenvalue weighted by Gasteiger charge is -2.15. The summed E-state index contributed by atoms with van der Waals surface area (Å²) in [5.41, 5.74) is 1.67. The van der Waals surface area contributed by atoms with Gasteiger partial charge in [-0.1, -0.05) is 11.6 Å². The third-order valence-electron chi connectivity index (χ3n) is 2.22. The van der Waals surface area contributed by atoms with Gasteiger partial charge in [0.15, 0.2) is 11.5 Å². The summed E-state index contributed by atoms with van der Waals surface area (Å²) >= 11 is 6.03. The van der Waals surface area contributed by atoms with Crippen LogP contribution in [0.4, 0.5) is 0 Å². The Hall–Kier alpha value is -0.970. The molecule has 0 saturated carbocycles. The third kappa shape index (κ3) is 2.34. The molecule has 0 heterocycles. The zero-order valence-corrected chi connectivity index (χ0v) is 9.72. The number of hydrogen-bond donors (Lipinski definition) is 1. The van der Waals surface area contributed by atoms with Crippen LogP contribution in [0, 0.1) is 6.92 Å². The van der Waals surface area contributed by atoms with Gasteiger partial charge in [0.25, 0.3) is 0 Å². The van der Waals surface area contributed by atoms with Gasteiger partial charge in [-0.05, 0) is 12.5 Å². The molecule has 0 fully saturated rings. The Morgan fingerprint density at radius 2 is 2.00 bits per heavy atom. The molecule has 0 bridgehead atoms. The summed E-state index contributed by atoms with van der Waals surface area (Å²) in [7, 11) is 3.11. The standard InChI is InChI=1S/C10H14ClNO3/c1-6-7(5-15-12)10(14-3)9(13-2)4-8(6)11/h4H,5,12H2,1-3H3. The Bertz CT molecular complexity index is 355. The topological polar surface area (TPSA) is 53.7 Å². The molecule has 0 spiro atoms. The lowest BCUT2D eigenvalue weighted by Crippen LogP contribution is -2.05. The molecule has 0 saturated heterocycles. The monoisotopic (exact) mass is 231 g/mol. The molecule has 0 aliphatic carbocycles. The molecule has 1 aromatic carbocycles. The Morgan fingerprint density at radius 3 is 2.47 bits per heavy atom. The highest BCUT2D eigenvalue weighted by Gasteiger charge is 2.15. The van der Waals surface area contributed by atoms with Gasteiger partial charge in [0.05, 0.1) is 20.8 Å². The van der Waals surface area contributed by atoms with E-state index in [4.69, 9.17) is 27.0 Å². The van der Waals surface area contributed by atoms with Crippen molar-refractivity contribution < 1.29 is 14.3 Å². The van der Waals surface area contributed by atoms with Crippen LogP contribution in [0.3, 0.4) is 0 Å². The van der Waals surface area contributed by atoms with Gasteiger partial charge in [-0.3, -0.25) is 4.84 Å². The molecule has 4 nitrogen and oxygen atoms in total. The van der Waals surface area contributed by atoms with Crippen LogP contribution in [0.1, 0.15) is 11.1 Å². The van der Waals surface area contributed by atoms with E-state index < -0.39 is 0 Å². The van der Waals surface area contributed by atoms with Crippen molar-refractivity contribution in [3.63, 3.8) is 0 Å². The fourth-order valence-electron chi connectivity index (χ4n) is 1.38. The summed E-state index contributed by atoms with van der Waals surface area (Å²) in [5.74, 6) is 6.23. The summed E-state index contributed by atoms with van der Waals surface area (Å²) in [6, 6.07) is 1.70. The highest BCUT2D eigenvalue weighted by molar-refractivity contribution is 6.31. The molecule has 0 radical (unpaired) electrons. The summed E-state index contributed by atoms with van der Waals surface area (Å²) in [4.78, 5) is 4.61. The van der Waals surface area contributed by atoms with E-state index in [2.05, 4.69) is 4.84 Å². The SMILES string of the molecule is COc1cc(Cl)c(C)c(CON)c1OC. The molecular formula is C10H14ClNO3. The van der Waals surface area contributed by atoms with E-state index in [0.29, 0.717) is 16.5 Å². The van der Waals surface area contributed by atoms with Crippen LogP contribution in [0.25, 0.3) is 0 Å². The number of ether oxygens (including phenoxy) is 2. The molecule has 0 aliphatic heterocycles. The van der Waals surface area contributed by atoms with Crippen molar-refractivity contribution in [2.24, 2.45) is 5.90 Å². The Kier molecular flexibility index (Phi) is 4.20. The minimum Gasteiger partial charge on any atom is -0.493 e. The lowest BCUT2D eigenvalue weighted by atomic mass is 10.1. The molecule has 0 amide bonds. The number of nitrogens with two attached hydrogens (primary N) is 1. The smallest absolute Gasteiger partial charge is 0.166 e. The molecule has 2 N–H and O–H groups in total. The van der Waals surface area contributed by atoms with Crippen LogP contribution in [0.5, 0.6) is 11.5 Å². The number of benzene rings is 1. The minimum atomic E-state index is 0.228. The molecular weight excluding hydrogens is 218 g/mol. The van der Waals surface area contributed by atoms with Gasteiger partial charge in [-0.2, -0.15) is 0 Å². The summed E-state index contributed by atoms with van der Waals surface area (Å²) in [6.45, 7) is 2.10. The van der Waals surface area contributed by atoms with Crippen molar-refractivity contribution in [2.45, 2.75) is 13.5 Å². The van der Waals surface area contributed by atoms with Crippen LogP contribution >= 0.6 is 11.6 Å². The van der Waals surface area contributed by atoms with Gasteiger partial charge in [0.2, 0.25) is 0 Å². The van der Waals surface area contributed by atoms with Crippen molar-refractivity contribution in [2.75, 3.05) is 14.2 Å². The maximum atomic E-state index is 6.03. The largest absolute Gasteiger partial charge is 0.493 e. The van der Waals surface area contributed by atoms with Gasteiger partial charge in [-0.15, -0.1) is 0 Å². The molecule has 15 heavy (non-hydrogen) atoms. The quantitative estimate of drug-likeness (QED) is 0.806. The average Bonchev–Trinajstić information content (AvgIpc) is 2.24. The third-order valence-corrected chi connectivity index (χ3v) is 2.61. The molecule has 0 aromatic heterocycles. The van der Waals surface area contributed by atoms with Crippen LogP contribution in [0.2, 0.25) is 5.02 Å². The first-order valence-corrected chi connectivity index (χ1v) is 4.75. The van der Waals surface area contributed by atoms with E-state index in [1.165, 1.54) is 0 Å². The fourth-order valence-corrected chi connectivity index (χ4v) is 1.60. The first-order chi connectivity index (χ1) is 7.15. The molecule has 1 rings (SSSR count). The van der Waals surface area contributed by atoms with Crippen molar-refractivity contribution in [3.05, 3.63) is 22.2 Å².